The van der Waals surface area contributed by atoms with E-state index in [9.17, 15) is 4.39 Å². The maximum absolute atomic E-state index is 13.9. The predicted molar refractivity (Wildman–Crippen MR) is 73.5 cm³/mol. The molecule has 0 aliphatic rings. The van der Waals surface area contributed by atoms with E-state index in [2.05, 4.69) is 15.3 Å². The van der Waals surface area contributed by atoms with Crippen LogP contribution in [-0.4, -0.2) is 20.0 Å². The summed E-state index contributed by atoms with van der Waals surface area (Å²) in [6.07, 6.45) is 0. The molecule has 4 nitrogen and oxygen atoms in total. The lowest BCUT2D eigenvalue weighted by molar-refractivity contribution is 0.609. The fraction of sp³-hybridized carbons (Fsp3) is 0.154. The highest BCUT2D eigenvalue weighted by Crippen LogP contribution is 2.24. The first-order chi connectivity index (χ1) is 9.09. The van der Waals surface area contributed by atoms with Crippen molar-refractivity contribution >= 4 is 23.1 Å². The first kappa shape index (κ1) is 12.0. The van der Waals surface area contributed by atoms with Crippen LogP contribution in [0.5, 0.6) is 0 Å². The summed E-state index contributed by atoms with van der Waals surface area (Å²) in [6, 6.07) is 6.52. The van der Waals surface area contributed by atoms with Gasteiger partial charge in [-0.3, -0.25) is 5.10 Å². The van der Waals surface area contributed by atoms with Gasteiger partial charge in [0.05, 0.1) is 11.4 Å². The Hall–Kier alpha value is -2.08. The van der Waals surface area contributed by atoms with Crippen molar-refractivity contribution in [1.82, 2.24) is 20.0 Å². The Morgan fingerprint density at radius 2 is 2.00 bits per heavy atom. The number of aromatic amines is 1. The molecule has 3 aromatic rings. The molecule has 0 fully saturated rings. The predicted octanol–water partition coefficient (Wildman–Crippen LogP) is 3.23. The van der Waals surface area contributed by atoms with Crippen molar-refractivity contribution in [3.63, 3.8) is 0 Å². The molecular formula is C13H11FN4S. The monoisotopic (exact) mass is 274 g/mol. The normalized spacial score (nSPS) is 11.1. The van der Waals surface area contributed by atoms with Crippen LogP contribution in [0, 0.1) is 24.3 Å². The molecule has 0 atom stereocenters. The van der Waals surface area contributed by atoms with Gasteiger partial charge in [0.2, 0.25) is 0 Å². The third-order valence-corrected chi connectivity index (χ3v) is 3.38. The van der Waals surface area contributed by atoms with Crippen LogP contribution in [0.1, 0.15) is 11.4 Å². The number of nitrogens with zero attached hydrogens (tertiary/aromatic N) is 3. The van der Waals surface area contributed by atoms with Gasteiger partial charge in [0.25, 0.3) is 0 Å². The number of nitrogens with one attached hydrogen (secondary N) is 1. The first-order valence-corrected chi connectivity index (χ1v) is 6.20. The quantitative estimate of drug-likeness (QED) is 0.693. The number of aryl methyl sites for hydroxylation is 2. The lowest BCUT2D eigenvalue weighted by Gasteiger charge is -2.04. The fourth-order valence-electron chi connectivity index (χ4n) is 2.20. The second-order valence-electron chi connectivity index (χ2n) is 4.31. The molecule has 0 bridgehead atoms. The molecule has 3 rings (SSSR count). The van der Waals surface area contributed by atoms with Crippen LogP contribution < -0.4 is 0 Å². The Kier molecular flexibility index (Phi) is 2.67. The van der Waals surface area contributed by atoms with Gasteiger partial charge in [-0.15, -0.1) is 0 Å². The number of hydrogen-bond donors (Lipinski definition) is 1. The highest BCUT2D eigenvalue weighted by molar-refractivity contribution is 7.71. The summed E-state index contributed by atoms with van der Waals surface area (Å²) in [5.74, 6) is -0.320. The standard InChI is InChI=1S/C13H11FN4S/c1-7-11-8(2)18(10-6-4-3-5-9(10)14)17-12(11)13(19)16-15-7/h3-6H,1-2H3,(H,16,19). The second-order valence-corrected chi connectivity index (χ2v) is 4.72. The lowest BCUT2D eigenvalue weighted by Crippen LogP contribution is -2.01. The van der Waals surface area contributed by atoms with Crippen molar-refractivity contribution in [3.05, 3.63) is 46.1 Å². The summed E-state index contributed by atoms with van der Waals surface area (Å²) in [6.45, 7) is 3.75. The van der Waals surface area contributed by atoms with Crippen molar-refractivity contribution < 1.29 is 4.39 Å². The van der Waals surface area contributed by atoms with Gasteiger partial charge in [0.15, 0.2) is 0 Å². The van der Waals surface area contributed by atoms with E-state index in [1.54, 1.807) is 22.9 Å². The number of H-pyrrole nitrogens is 1. The average molecular weight is 274 g/mol. The van der Waals surface area contributed by atoms with Crippen molar-refractivity contribution in [2.75, 3.05) is 0 Å². The molecule has 0 radical (unpaired) electrons. The van der Waals surface area contributed by atoms with E-state index >= 15 is 0 Å². The van der Waals surface area contributed by atoms with Crippen LogP contribution in [0.25, 0.3) is 16.6 Å². The third kappa shape index (κ3) is 1.76. The highest BCUT2D eigenvalue weighted by atomic mass is 32.1. The number of fused-ring (bicyclic) bond motifs is 1. The number of aromatic nitrogens is 4. The molecule has 1 aromatic carbocycles. The van der Waals surface area contributed by atoms with E-state index in [0.717, 1.165) is 16.8 Å². The molecule has 0 saturated carbocycles. The van der Waals surface area contributed by atoms with Crippen molar-refractivity contribution in [2.24, 2.45) is 0 Å². The summed E-state index contributed by atoms with van der Waals surface area (Å²) in [4.78, 5) is 0. The smallest absolute Gasteiger partial charge is 0.148 e. The van der Waals surface area contributed by atoms with Gasteiger partial charge in [-0.1, -0.05) is 24.4 Å². The Bertz CT molecular complexity index is 834. The zero-order chi connectivity index (χ0) is 13.6. The van der Waals surface area contributed by atoms with Crippen LogP contribution in [0.4, 0.5) is 4.39 Å². The topological polar surface area (TPSA) is 46.5 Å². The Labute approximate surface area is 113 Å². The Balaban J connectivity index is 2.42. The SMILES string of the molecule is Cc1n[nH]c(=S)c2nn(-c3ccccc3F)c(C)c12. The number of benzene rings is 1. The summed E-state index contributed by atoms with van der Waals surface area (Å²) < 4.78 is 15.9. The number of hydrogen-bond acceptors (Lipinski definition) is 3. The number of para-hydroxylation sites is 1. The van der Waals surface area contributed by atoms with Gasteiger partial charge in [-0.25, -0.2) is 9.07 Å². The third-order valence-electron chi connectivity index (χ3n) is 3.10. The van der Waals surface area contributed by atoms with Gasteiger partial charge in [0.1, 0.15) is 21.7 Å². The first-order valence-electron chi connectivity index (χ1n) is 5.79. The Morgan fingerprint density at radius 1 is 1.26 bits per heavy atom. The van der Waals surface area contributed by atoms with E-state index in [1.165, 1.54) is 6.07 Å². The molecule has 2 aromatic heterocycles. The van der Waals surface area contributed by atoms with Crippen molar-refractivity contribution in [3.8, 4) is 5.69 Å². The van der Waals surface area contributed by atoms with E-state index in [1.807, 2.05) is 13.8 Å². The van der Waals surface area contributed by atoms with Gasteiger partial charge in [0, 0.05) is 5.39 Å². The molecule has 2 heterocycles. The minimum absolute atomic E-state index is 0.320. The number of rotatable bonds is 1. The van der Waals surface area contributed by atoms with Gasteiger partial charge in [-0.05, 0) is 26.0 Å². The van der Waals surface area contributed by atoms with Gasteiger partial charge < -0.3 is 0 Å². The van der Waals surface area contributed by atoms with Crippen molar-refractivity contribution in [1.29, 1.82) is 0 Å². The molecule has 19 heavy (non-hydrogen) atoms. The highest BCUT2D eigenvalue weighted by Gasteiger charge is 2.15. The maximum atomic E-state index is 13.9. The number of halogens is 1. The van der Waals surface area contributed by atoms with Crippen LogP contribution in [0.2, 0.25) is 0 Å². The summed E-state index contributed by atoms with van der Waals surface area (Å²) in [5.41, 5.74) is 2.67. The maximum Gasteiger partial charge on any atom is 0.148 e. The van der Waals surface area contributed by atoms with Crippen LogP contribution in [-0.2, 0) is 0 Å². The zero-order valence-electron chi connectivity index (χ0n) is 10.4. The van der Waals surface area contributed by atoms with E-state index in [0.29, 0.717) is 15.8 Å². The molecule has 0 aliphatic heterocycles. The van der Waals surface area contributed by atoms with E-state index < -0.39 is 0 Å². The van der Waals surface area contributed by atoms with E-state index in [4.69, 9.17) is 12.2 Å². The minimum atomic E-state index is -0.320. The van der Waals surface area contributed by atoms with Crippen LogP contribution >= 0.6 is 12.2 Å². The molecule has 0 saturated heterocycles. The summed E-state index contributed by atoms with van der Waals surface area (Å²) in [7, 11) is 0. The molecule has 0 amide bonds. The van der Waals surface area contributed by atoms with Gasteiger partial charge in [-0.2, -0.15) is 10.2 Å². The average Bonchev–Trinajstić information content (AvgIpc) is 2.74. The molecular weight excluding hydrogens is 263 g/mol. The molecule has 1 N–H and O–H groups in total. The van der Waals surface area contributed by atoms with Crippen LogP contribution in [0.3, 0.4) is 0 Å². The molecule has 96 valence electrons. The molecule has 0 spiro atoms. The van der Waals surface area contributed by atoms with Gasteiger partial charge >= 0.3 is 0 Å². The van der Waals surface area contributed by atoms with E-state index in [-0.39, 0.29) is 5.82 Å². The summed E-state index contributed by atoms with van der Waals surface area (Å²) in [5, 5.41) is 12.1. The Morgan fingerprint density at radius 3 is 2.68 bits per heavy atom. The van der Waals surface area contributed by atoms with Crippen LogP contribution in [0.15, 0.2) is 24.3 Å². The zero-order valence-corrected chi connectivity index (χ0v) is 11.3. The molecule has 0 aliphatic carbocycles. The largest absolute Gasteiger partial charge is 0.266 e. The molecule has 0 unspecified atom stereocenters. The fourth-order valence-corrected chi connectivity index (χ4v) is 2.38. The second kappa shape index (κ2) is 4.24. The molecule has 6 heteroatoms. The lowest BCUT2D eigenvalue weighted by atomic mass is 10.2. The van der Waals surface area contributed by atoms with Crippen molar-refractivity contribution in [2.45, 2.75) is 13.8 Å². The summed E-state index contributed by atoms with van der Waals surface area (Å²) >= 11 is 5.18. The minimum Gasteiger partial charge on any atom is -0.266 e.